The molecule has 0 radical (unpaired) electrons. The smallest absolute Gasteiger partial charge is 0.144 e. The predicted octanol–water partition coefficient (Wildman–Crippen LogP) is 3.21. The fraction of sp³-hybridized carbons (Fsp3) is 0.308. The third kappa shape index (κ3) is 2.26. The quantitative estimate of drug-likeness (QED) is 0.661. The number of rotatable bonds is 1. The van der Waals surface area contributed by atoms with Crippen LogP contribution in [0.3, 0.4) is 0 Å². The highest BCUT2D eigenvalue weighted by Gasteiger charge is 2.37. The maximum absolute atomic E-state index is 9.20. The van der Waals surface area contributed by atoms with Crippen molar-refractivity contribution in [3.05, 3.63) is 33.8 Å². The van der Waals surface area contributed by atoms with Crippen LogP contribution in [-0.4, -0.2) is 4.75 Å². The van der Waals surface area contributed by atoms with E-state index in [0.717, 1.165) is 5.57 Å². The van der Waals surface area contributed by atoms with Crippen LogP contribution in [-0.2, 0) is 0 Å². The lowest BCUT2D eigenvalue weighted by Crippen LogP contribution is -2.12. The van der Waals surface area contributed by atoms with Crippen molar-refractivity contribution >= 4 is 11.8 Å². The van der Waals surface area contributed by atoms with E-state index in [9.17, 15) is 5.26 Å². The molecule has 1 rings (SSSR count). The van der Waals surface area contributed by atoms with E-state index >= 15 is 0 Å². The summed E-state index contributed by atoms with van der Waals surface area (Å²) in [5.74, 6) is 0. The first kappa shape index (κ1) is 13.1. The van der Waals surface area contributed by atoms with E-state index in [1.165, 1.54) is 11.8 Å². The first-order valence-corrected chi connectivity index (χ1v) is 5.84. The van der Waals surface area contributed by atoms with Gasteiger partial charge in [-0.15, -0.1) is 11.8 Å². The Labute approximate surface area is 105 Å². The highest BCUT2D eigenvalue weighted by Crippen LogP contribution is 2.50. The summed E-state index contributed by atoms with van der Waals surface area (Å²) >= 11 is 1.39. The summed E-state index contributed by atoms with van der Waals surface area (Å²) in [6.07, 6.45) is 3.72. The molecule has 17 heavy (non-hydrogen) atoms. The third-order valence-electron chi connectivity index (χ3n) is 2.40. The molecule has 0 saturated carbocycles. The molecule has 3 nitrogen and oxygen atoms in total. The molecule has 0 bridgehead atoms. The van der Waals surface area contributed by atoms with Gasteiger partial charge in [-0.2, -0.15) is 15.8 Å². The summed E-state index contributed by atoms with van der Waals surface area (Å²) in [4.78, 5) is 0.496. The van der Waals surface area contributed by atoms with Crippen LogP contribution >= 0.6 is 11.8 Å². The standard InChI is InChI=1S/C13H11N3S/c1-4-5-11-10(8-16)12(9(6-14)7-15)17-13(11,2)3/h4-5H,1-3H3/b5-4+. The third-order valence-corrected chi connectivity index (χ3v) is 3.74. The van der Waals surface area contributed by atoms with Crippen LogP contribution in [0.1, 0.15) is 20.8 Å². The monoisotopic (exact) mass is 241 g/mol. The predicted molar refractivity (Wildman–Crippen MR) is 67.4 cm³/mol. The van der Waals surface area contributed by atoms with Crippen LogP contribution in [0.5, 0.6) is 0 Å². The molecule has 0 aromatic rings. The van der Waals surface area contributed by atoms with Gasteiger partial charge in [-0.05, 0) is 26.3 Å². The Balaban J connectivity index is 3.58. The van der Waals surface area contributed by atoms with Crippen LogP contribution < -0.4 is 0 Å². The van der Waals surface area contributed by atoms with Crippen LogP contribution in [0.2, 0.25) is 0 Å². The molecule has 1 heterocycles. The normalized spacial score (nSPS) is 17.8. The van der Waals surface area contributed by atoms with Gasteiger partial charge >= 0.3 is 0 Å². The fourth-order valence-corrected chi connectivity index (χ4v) is 2.89. The van der Waals surface area contributed by atoms with Gasteiger partial charge in [-0.1, -0.05) is 12.2 Å². The zero-order valence-electron chi connectivity index (χ0n) is 9.90. The molecule has 0 aliphatic carbocycles. The van der Waals surface area contributed by atoms with Crippen molar-refractivity contribution < 1.29 is 0 Å². The van der Waals surface area contributed by atoms with E-state index < -0.39 is 0 Å². The Hall–Kier alpha value is -1.96. The first-order chi connectivity index (χ1) is 8.01. The number of thioether (sulfide) groups is 1. The van der Waals surface area contributed by atoms with Crippen LogP contribution in [0.25, 0.3) is 0 Å². The summed E-state index contributed by atoms with van der Waals surface area (Å²) < 4.78 is -0.286. The van der Waals surface area contributed by atoms with Gasteiger partial charge in [-0.3, -0.25) is 0 Å². The Morgan fingerprint density at radius 1 is 1.24 bits per heavy atom. The molecule has 0 fully saturated rings. The van der Waals surface area contributed by atoms with Gasteiger partial charge in [0.15, 0.2) is 0 Å². The van der Waals surface area contributed by atoms with E-state index in [2.05, 4.69) is 6.07 Å². The lowest BCUT2D eigenvalue weighted by molar-refractivity contribution is 0.866. The van der Waals surface area contributed by atoms with E-state index in [1.54, 1.807) is 0 Å². The van der Waals surface area contributed by atoms with E-state index in [0.29, 0.717) is 10.5 Å². The largest absolute Gasteiger partial charge is 0.192 e. The van der Waals surface area contributed by atoms with Crippen molar-refractivity contribution in [2.45, 2.75) is 25.5 Å². The first-order valence-electron chi connectivity index (χ1n) is 5.03. The fourth-order valence-electron chi connectivity index (χ4n) is 1.65. The average molecular weight is 241 g/mol. The Morgan fingerprint density at radius 2 is 1.82 bits per heavy atom. The van der Waals surface area contributed by atoms with Crippen LogP contribution in [0, 0.1) is 34.0 Å². The minimum absolute atomic E-state index is 0.0131. The molecule has 84 valence electrons. The second kappa shape index (κ2) is 4.91. The number of hydrogen-bond donors (Lipinski definition) is 0. The molecule has 0 amide bonds. The molecule has 1 aliphatic heterocycles. The molecular weight excluding hydrogens is 230 g/mol. The Morgan fingerprint density at radius 3 is 2.24 bits per heavy atom. The van der Waals surface area contributed by atoms with Gasteiger partial charge < -0.3 is 0 Å². The molecule has 0 unspecified atom stereocenters. The molecule has 0 spiro atoms. The van der Waals surface area contributed by atoms with Crippen molar-refractivity contribution in [3.8, 4) is 18.2 Å². The van der Waals surface area contributed by atoms with Gasteiger partial charge in [-0.25, -0.2) is 0 Å². The van der Waals surface area contributed by atoms with E-state index in [1.807, 2.05) is 45.1 Å². The summed E-state index contributed by atoms with van der Waals surface area (Å²) in [6, 6.07) is 5.79. The molecule has 1 aliphatic rings. The second-order valence-electron chi connectivity index (χ2n) is 3.94. The van der Waals surface area contributed by atoms with Crippen LogP contribution in [0.15, 0.2) is 33.8 Å². The Bertz CT molecular complexity index is 541. The zero-order valence-corrected chi connectivity index (χ0v) is 10.7. The minimum Gasteiger partial charge on any atom is -0.192 e. The van der Waals surface area contributed by atoms with Gasteiger partial charge in [0, 0.05) is 4.75 Å². The molecule has 0 aromatic heterocycles. The van der Waals surface area contributed by atoms with Crippen molar-refractivity contribution in [1.82, 2.24) is 0 Å². The maximum Gasteiger partial charge on any atom is 0.144 e. The van der Waals surface area contributed by atoms with Crippen molar-refractivity contribution in [1.29, 1.82) is 15.8 Å². The van der Waals surface area contributed by atoms with Gasteiger partial charge in [0.05, 0.1) is 10.5 Å². The lowest BCUT2D eigenvalue weighted by atomic mass is 9.96. The number of nitrogens with zero attached hydrogens (tertiary/aromatic N) is 3. The van der Waals surface area contributed by atoms with Gasteiger partial charge in [0.25, 0.3) is 0 Å². The molecule has 0 N–H and O–H groups in total. The van der Waals surface area contributed by atoms with Crippen LogP contribution in [0.4, 0.5) is 0 Å². The maximum atomic E-state index is 9.20. The highest BCUT2D eigenvalue weighted by atomic mass is 32.2. The number of nitriles is 3. The van der Waals surface area contributed by atoms with Crippen molar-refractivity contribution in [2.75, 3.05) is 0 Å². The SMILES string of the molecule is C/C=C/C1=C(C#N)C(=C(C#N)C#N)SC1(C)C. The number of hydrogen-bond acceptors (Lipinski definition) is 4. The molecule has 4 heteroatoms. The molecule has 0 atom stereocenters. The second-order valence-corrected chi connectivity index (χ2v) is 5.57. The molecular formula is C13H11N3S. The summed E-state index contributed by atoms with van der Waals surface area (Å²) in [7, 11) is 0. The van der Waals surface area contributed by atoms with Crippen molar-refractivity contribution in [3.63, 3.8) is 0 Å². The summed E-state index contributed by atoms with van der Waals surface area (Å²) in [5, 5.41) is 27.0. The van der Waals surface area contributed by atoms with E-state index in [-0.39, 0.29) is 10.3 Å². The molecule has 0 aromatic carbocycles. The minimum atomic E-state index is -0.286. The topological polar surface area (TPSA) is 71.4 Å². The summed E-state index contributed by atoms with van der Waals surface area (Å²) in [5.41, 5.74) is 1.32. The number of allylic oxidation sites excluding steroid dienone is 4. The highest BCUT2D eigenvalue weighted by molar-refractivity contribution is 8.05. The molecule has 0 saturated heterocycles. The lowest BCUT2D eigenvalue weighted by Gasteiger charge is -2.18. The van der Waals surface area contributed by atoms with E-state index in [4.69, 9.17) is 10.5 Å². The average Bonchev–Trinajstić information content (AvgIpc) is 2.53. The van der Waals surface area contributed by atoms with Gasteiger partial charge in [0.1, 0.15) is 23.8 Å². The summed E-state index contributed by atoms with van der Waals surface area (Å²) in [6.45, 7) is 5.83. The zero-order chi connectivity index (χ0) is 13.1. The van der Waals surface area contributed by atoms with Gasteiger partial charge in [0.2, 0.25) is 0 Å². The van der Waals surface area contributed by atoms with Crippen molar-refractivity contribution in [2.24, 2.45) is 0 Å². The Kier molecular flexibility index (Phi) is 3.79.